The van der Waals surface area contributed by atoms with Crippen molar-refractivity contribution in [2.75, 3.05) is 0 Å². The van der Waals surface area contributed by atoms with Gasteiger partial charge in [-0.1, -0.05) is 34.8 Å². The molecule has 0 aliphatic heterocycles. The third-order valence-corrected chi connectivity index (χ3v) is 0.401. The lowest BCUT2D eigenvalue weighted by Crippen LogP contribution is -2.00. The van der Waals surface area contributed by atoms with E-state index in [1.54, 1.807) is 0 Å². The van der Waals surface area contributed by atoms with E-state index in [1.807, 2.05) is 0 Å². The van der Waals surface area contributed by atoms with E-state index in [4.69, 9.17) is 39.6 Å². The molecule has 0 spiro atoms. The van der Waals surface area contributed by atoms with Gasteiger partial charge < -0.3 is 5.73 Å². The van der Waals surface area contributed by atoms with E-state index in [0.29, 0.717) is 0 Å². The largest absolute Gasteiger partial charge is 0.372 e. The summed E-state index contributed by atoms with van der Waals surface area (Å²) in [5, 5.41) is 0. The lowest BCUT2D eigenvalue weighted by atomic mass is 10.9. The van der Waals surface area contributed by atoms with E-state index < -0.39 is 3.79 Å². The lowest BCUT2D eigenvalue weighted by Gasteiger charge is -1.93. The van der Waals surface area contributed by atoms with Crippen molar-refractivity contribution in [3.05, 3.63) is 0 Å². The van der Waals surface area contributed by atoms with Crippen molar-refractivity contribution in [1.29, 1.82) is 0 Å². The first-order chi connectivity index (χ1) is 3.97. The second-order valence-electron chi connectivity index (χ2n) is 0.796. The first kappa shape index (κ1) is 11.8. The molecule has 0 aliphatic carbocycles. The number of aldehydes is 1. The first-order valence-electron chi connectivity index (χ1n) is 1.66. The Hall–Kier alpha value is 0.01000. The van der Waals surface area contributed by atoms with Crippen molar-refractivity contribution in [3.8, 4) is 0 Å². The average molecular weight is 192 g/mol. The van der Waals surface area contributed by atoms with Crippen molar-refractivity contribution in [2.24, 2.45) is 5.73 Å². The van der Waals surface area contributed by atoms with Crippen LogP contribution in [0.3, 0.4) is 0 Å². The second-order valence-corrected chi connectivity index (χ2v) is 3.16. The van der Waals surface area contributed by atoms with Crippen LogP contribution in [0.25, 0.3) is 0 Å². The Labute approximate surface area is 67.0 Å². The smallest absolute Gasteiger partial charge is 0.245 e. The minimum Gasteiger partial charge on any atom is -0.372 e. The molecular weight excluding hydrogens is 188 g/mol. The summed E-state index contributed by atoms with van der Waals surface area (Å²) in [4.78, 5) is 18.0. The van der Waals surface area contributed by atoms with Gasteiger partial charge in [-0.25, -0.2) is 0 Å². The van der Waals surface area contributed by atoms with Crippen LogP contribution < -0.4 is 5.73 Å². The highest BCUT2D eigenvalue weighted by Crippen LogP contribution is 2.21. The van der Waals surface area contributed by atoms with Gasteiger partial charge in [0.25, 0.3) is 0 Å². The van der Waals surface area contributed by atoms with Gasteiger partial charge in [0.1, 0.15) is 0 Å². The number of rotatable bonds is 0. The molecule has 0 rings (SSSR count). The number of carbonyl (C=O) groups excluding carboxylic acids is 2. The highest BCUT2D eigenvalue weighted by molar-refractivity contribution is 6.74. The van der Waals surface area contributed by atoms with Gasteiger partial charge in [0.2, 0.25) is 10.2 Å². The fourth-order valence-corrected chi connectivity index (χ4v) is 0. The van der Waals surface area contributed by atoms with Gasteiger partial charge in [-0.15, -0.1) is 0 Å². The Morgan fingerprint density at radius 3 is 1.33 bits per heavy atom. The zero-order valence-corrected chi connectivity index (χ0v) is 6.45. The quantitative estimate of drug-likeness (QED) is 0.453. The molecule has 0 aliphatic rings. The van der Waals surface area contributed by atoms with Crippen LogP contribution in [0.1, 0.15) is 0 Å². The highest BCUT2D eigenvalue weighted by Gasteiger charge is 2.16. The maximum atomic E-state index is 9.43. The van der Waals surface area contributed by atoms with Crippen LogP contribution in [0.5, 0.6) is 0 Å². The molecule has 0 saturated heterocycles. The number of primary amides is 1. The molecule has 9 heavy (non-hydrogen) atoms. The summed E-state index contributed by atoms with van der Waals surface area (Å²) < 4.78 is -1.72. The molecule has 3 nitrogen and oxygen atoms in total. The van der Waals surface area contributed by atoms with Gasteiger partial charge in [0.05, 0.1) is 0 Å². The number of amides is 1. The second kappa shape index (κ2) is 6.13. The van der Waals surface area contributed by atoms with Gasteiger partial charge in [0, 0.05) is 0 Å². The van der Waals surface area contributed by atoms with E-state index in [0.717, 1.165) is 0 Å². The van der Waals surface area contributed by atoms with Gasteiger partial charge in [0.15, 0.2) is 6.29 Å². The Morgan fingerprint density at radius 2 is 1.33 bits per heavy atom. The van der Waals surface area contributed by atoms with Crippen LogP contribution in [0.2, 0.25) is 0 Å². The number of halogens is 3. The van der Waals surface area contributed by atoms with Gasteiger partial charge in [-0.2, -0.15) is 0 Å². The first-order valence-corrected chi connectivity index (χ1v) is 2.79. The van der Waals surface area contributed by atoms with E-state index in [9.17, 15) is 4.79 Å². The number of nitrogens with two attached hydrogens (primary N) is 1. The molecule has 0 bridgehead atoms. The maximum Gasteiger partial charge on any atom is 0.245 e. The van der Waals surface area contributed by atoms with Gasteiger partial charge in [-0.05, 0) is 0 Å². The summed E-state index contributed by atoms with van der Waals surface area (Å²) in [6.07, 6.45) is 0.484. The molecule has 54 valence electrons. The molecule has 0 fully saturated rings. The Bertz CT molecular complexity index is 89.5. The van der Waals surface area contributed by atoms with Crippen LogP contribution in [0.15, 0.2) is 0 Å². The molecule has 0 aromatic carbocycles. The van der Waals surface area contributed by atoms with Crippen molar-refractivity contribution < 1.29 is 9.59 Å². The van der Waals surface area contributed by atoms with Crippen molar-refractivity contribution in [3.63, 3.8) is 0 Å². The number of hydrogen-bond donors (Lipinski definition) is 1. The van der Waals surface area contributed by atoms with E-state index >= 15 is 0 Å². The fraction of sp³-hybridized carbons (Fsp3) is 0.333. The zero-order valence-electron chi connectivity index (χ0n) is 4.18. The van der Waals surface area contributed by atoms with Crippen molar-refractivity contribution in [2.45, 2.75) is 3.79 Å². The van der Waals surface area contributed by atoms with Crippen molar-refractivity contribution >= 4 is 47.5 Å². The normalized spacial score (nSPS) is 8.78. The lowest BCUT2D eigenvalue weighted by molar-refractivity contribution is -0.107. The molecule has 1 amide bonds. The predicted molar refractivity (Wildman–Crippen MR) is 36.6 cm³/mol. The van der Waals surface area contributed by atoms with E-state index in [1.165, 1.54) is 0 Å². The van der Waals surface area contributed by atoms with Crippen LogP contribution in [-0.4, -0.2) is 16.5 Å². The summed E-state index contributed by atoms with van der Waals surface area (Å²) in [5.41, 5.74) is 4.17. The third kappa shape index (κ3) is 31.9. The number of alkyl halides is 3. The van der Waals surface area contributed by atoms with E-state index in [2.05, 4.69) is 5.73 Å². The molecule has 0 aromatic heterocycles. The molecule has 0 aromatic rings. The van der Waals surface area contributed by atoms with Gasteiger partial charge in [-0.3, -0.25) is 9.59 Å². The molecule has 0 atom stereocenters. The molecular formula is C3H4Cl3NO2. The molecule has 0 unspecified atom stereocenters. The minimum atomic E-state index is -1.72. The fourth-order valence-electron chi connectivity index (χ4n) is 0. The highest BCUT2D eigenvalue weighted by atomic mass is 35.6. The molecule has 2 N–H and O–H groups in total. The SMILES string of the molecule is NC=O.O=CC(Cl)(Cl)Cl. The number of hydrogen-bond acceptors (Lipinski definition) is 2. The molecule has 0 saturated carbocycles. The summed E-state index contributed by atoms with van der Waals surface area (Å²) in [7, 11) is 0. The average Bonchev–Trinajstić information content (AvgIpc) is 1.67. The Kier molecular flexibility index (Phi) is 8.02. The third-order valence-electron chi connectivity index (χ3n) is 0.134. The molecule has 0 heterocycles. The standard InChI is InChI=1S/C2HCl3O.CH3NO/c3-2(4,5)1-6;2-1-3/h1H;1H,(H2,2,3). The topological polar surface area (TPSA) is 60.2 Å². The predicted octanol–water partition coefficient (Wildman–Crippen LogP) is 0.657. The van der Waals surface area contributed by atoms with Crippen LogP contribution in [0.4, 0.5) is 0 Å². The monoisotopic (exact) mass is 191 g/mol. The summed E-state index contributed by atoms with van der Waals surface area (Å²) >= 11 is 14.6. The van der Waals surface area contributed by atoms with Crippen molar-refractivity contribution in [1.82, 2.24) is 0 Å². The maximum absolute atomic E-state index is 9.43. The molecule has 0 radical (unpaired) electrons. The summed E-state index contributed by atoms with van der Waals surface area (Å²) in [5.74, 6) is 0. The summed E-state index contributed by atoms with van der Waals surface area (Å²) in [6, 6.07) is 0. The van der Waals surface area contributed by atoms with Crippen LogP contribution >= 0.6 is 34.8 Å². The number of carbonyl (C=O) groups is 2. The van der Waals surface area contributed by atoms with Gasteiger partial charge >= 0.3 is 0 Å². The minimum absolute atomic E-state index is 0.234. The summed E-state index contributed by atoms with van der Waals surface area (Å²) in [6.45, 7) is 0. The Morgan fingerprint density at radius 1 is 1.22 bits per heavy atom. The zero-order chi connectivity index (χ0) is 7.91. The van der Waals surface area contributed by atoms with E-state index in [-0.39, 0.29) is 12.7 Å². The Balaban J connectivity index is 0. The molecule has 6 heteroatoms. The van der Waals surface area contributed by atoms with Crippen LogP contribution in [-0.2, 0) is 9.59 Å². The van der Waals surface area contributed by atoms with Crippen LogP contribution in [0, 0.1) is 0 Å².